The normalized spacial score (nSPS) is 33.2. The van der Waals surface area contributed by atoms with Crippen molar-refractivity contribution in [3.63, 3.8) is 0 Å². The zero-order valence-electron chi connectivity index (χ0n) is 21.9. The van der Waals surface area contributed by atoms with Crippen LogP contribution < -0.4 is 5.32 Å². The number of aliphatic hydroxyl groups is 1. The predicted molar refractivity (Wildman–Crippen MR) is 138 cm³/mol. The third-order valence-electron chi connectivity index (χ3n) is 6.69. The number of carbonyl (C=O) groups is 1. The monoisotopic (exact) mass is 487 g/mol. The number of amides is 1. The van der Waals surface area contributed by atoms with E-state index in [-0.39, 0.29) is 47.1 Å². The summed E-state index contributed by atoms with van der Waals surface area (Å²) in [5.41, 5.74) is 1.96. The van der Waals surface area contributed by atoms with Gasteiger partial charge < -0.3 is 30.1 Å². The fourth-order valence-electron chi connectivity index (χ4n) is 4.65. The lowest BCUT2D eigenvalue weighted by molar-refractivity contribution is -0.112. The van der Waals surface area contributed by atoms with E-state index in [1.54, 1.807) is 33.3 Å². The highest BCUT2D eigenvalue weighted by Crippen LogP contribution is 2.35. The molecule has 0 aromatic heterocycles. The molecule has 1 aromatic rings. The second-order valence-corrected chi connectivity index (χ2v) is 9.78. The Kier molecular flexibility index (Phi) is 10.6. The summed E-state index contributed by atoms with van der Waals surface area (Å²) >= 11 is 0. The van der Waals surface area contributed by atoms with Gasteiger partial charge in [-0.2, -0.15) is 0 Å². The average Bonchev–Trinajstić information content (AvgIpc) is 2.80. The Morgan fingerprint density at radius 1 is 1.03 bits per heavy atom. The summed E-state index contributed by atoms with van der Waals surface area (Å²) < 4.78 is 11.6. The van der Waals surface area contributed by atoms with Crippen LogP contribution in [0.15, 0.2) is 47.6 Å². The predicted octanol–water partition coefficient (Wildman–Crippen LogP) is 4.73. The van der Waals surface area contributed by atoms with Gasteiger partial charge in [0.15, 0.2) is 0 Å². The number of phenolic OH excluding ortho intramolecular Hbond substituents is 2. The Balaban J connectivity index is 2.51. The van der Waals surface area contributed by atoms with Crippen molar-refractivity contribution in [1.82, 2.24) is 0 Å². The van der Waals surface area contributed by atoms with Crippen LogP contribution in [-0.4, -0.2) is 53.8 Å². The molecule has 7 nitrogen and oxygen atoms in total. The number of benzene rings is 1. The molecule has 0 spiro atoms. The summed E-state index contributed by atoms with van der Waals surface area (Å²) in [6.07, 6.45) is 7.22. The number of carbonyl (C=O) groups excluding carboxylic acids is 1. The van der Waals surface area contributed by atoms with Crippen LogP contribution in [0.5, 0.6) is 11.5 Å². The van der Waals surface area contributed by atoms with Gasteiger partial charge >= 0.3 is 0 Å². The van der Waals surface area contributed by atoms with Crippen molar-refractivity contribution in [2.45, 2.75) is 65.8 Å². The molecule has 0 fully saturated rings. The number of rotatable bonds is 2. The third kappa shape index (κ3) is 7.69. The number of aliphatic hydroxyl groups excluding tert-OH is 1. The number of ether oxygens (including phenoxy) is 2. The highest BCUT2D eigenvalue weighted by Gasteiger charge is 2.29. The van der Waals surface area contributed by atoms with E-state index < -0.39 is 12.0 Å². The molecule has 35 heavy (non-hydrogen) atoms. The van der Waals surface area contributed by atoms with E-state index in [1.807, 2.05) is 39.8 Å². The molecule has 2 rings (SSSR count). The topological polar surface area (TPSA) is 108 Å². The Bertz CT molecular complexity index is 966. The van der Waals surface area contributed by atoms with E-state index in [2.05, 4.69) is 5.32 Å². The van der Waals surface area contributed by atoms with Crippen LogP contribution in [0.2, 0.25) is 0 Å². The zero-order chi connectivity index (χ0) is 26.3. The SMILES string of the molecule is COC1CC(C)Cc2cc(O)cc(c2O)NC(=O)/C(C)=C/C=C\C(C)C(O)/C(C)=C/C(C)C1OC. The number of hydrogen-bond acceptors (Lipinski definition) is 6. The van der Waals surface area contributed by atoms with Gasteiger partial charge in [0.25, 0.3) is 5.91 Å². The van der Waals surface area contributed by atoms with Crippen molar-refractivity contribution in [1.29, 1.82) is 0 Å². The fourth-order valence-corrected chi connectivity index (χ4v) is 4.65. The Hall–Kier alpha value is -2.61. The first-order valence-corrected chi connectivity index (χ1v) is 12.1. The molecule has 0 radical (unpaired) electrons. The van der Waals surface area contributed by atoms with Crippen molar-refractivity contribution < 1.29 is 29.6 Å². The van der Waals surface area contributed by atoms with Gasteiger partial charge in [0, 0.05) is 37.7 Å². The molecule has 4 N–H and O–H groups in total. The Labute approximate surface area is 209 Å². The molecule has 194 valence electrons. The Morgan fingerprint density at radius 3 is 2.34 bits per heavy atom. The molecule has 0 aliphatic carbocycles. The largest absolute Gasteiger partial charge is 0.508 e. The first-order chi connectivity index (χ1) is 16.5. The minimum Gasteiger partial charge on any atom is -0.508 e. The lowest BCUT2D eigenvalue weighted by atomic mass is 9.87. The van der Waals surface area contributed by atoms with E-state index in [9.17, 15) is 20.1 Å². The summed E-state index contributed by atoms with van der Waals surface area (Å²) in [7, 11) is 3.31. The van der Waals surface area contributed by atoms with Crippen LogP contribution >= 0.6 is 0 Å². The van der Waals surface area contributed by atoms with E-state index in [1.165, 1.54) is 12.1 Å². The van der Waals surface area contributed by atoms with Crippen molar-refractivity contribution in [2.75, 3.05) is 19.5 Å². The van der Waals surface area contributed by atoms with Crippen LogP contribution in [0.4, 0.5) is 5.69 Å². The second-order valence-electron chi connectivity index (χ2n) is 9.78. The Morgan fingerprint density at radius 2 is 1.71 bits per heavy atom. The molecule has 6 unspecified atom stereocenters. The maximum atomic E-state index is 12.7. The van der Waals surface area contributed by atoms with Crippen LogP contribution in [0.3, 0.4) is 0 Å². The number of hydrogen-bond donors (Lipinski definition) is 4. The summed E-state index contributed by atoms with van der Waals surface area (Å²) in [6.45, 7) is 9.56. The lowest BCUT2D eigenvalue weighted by Crippen LogP contribution is -2.36. The molecule has 2 bridgehead atoms. The molecular weight excluding hydrogens is 446 g/mol. The lowest BCUT2D eigenvalue weighted by Gasteiger charge is -2.31. The number of fused-ring (bicyclic) bond motifs is 2. The summed E-state index contributed by atoms with van der Waals surface area (Å²) in [5.74, 6) is -0.620. The van der Waals surface area contributed by atoms with Crippen LogP contribution in [0.25, 0.3) is 0 Å². The molecule has 1 aliphatic heterocycles. The van der Waals surface area contributed by atoms with Gasteiger partial charge in [-0.3, -0.25) is 4.79 Å². The standard InChI is InChI=1S/C28H41NO6/c1-16-11-21-14-22(30)15-23(26(21)32)29-28(33)18(3)10-8-9-17(2)25(31)19(4)13-20(5)27(35-7)24(12-16)34-6/h8-10,13-17,20,24-25,27,30-32H,11-12H2,1-7H3,(H,29,33)/b9-8-,18-10+,19-13+. The minimum atomic E-state index is -0.683. The summed E-state index contributed by atoms with van der Waals surface area (Å²) in [4.78, 5) is 12.7. The summed E-state index contributed by atoms with van der Waals surface area (Å²) in [6, 6.07) is 2.85. The van der Waals surface area contributed by atoms with E-state index in [0.717, 1.165) is 5.57 Å². The van der Waals surface area contributed by atoms with Gasteiger partial charge in [0.2, 0.25) is 0 Å². The van der Waals surface area contributed by atoms with Gasteiger partial charge in [-0.1, -0.05) is 45.1 Å². The zero-order valence-corrected chi connectivity index (χ0v) is 21.9. The van der Waals surface area contributed by atoms with E-state index in [0.29, 0.717) is 24.0 Å². The molecule has 1 heterocycles. The molecule has 1 aliphatic rings. The minimum absolute atomic E-state index is 0.0187. The molecule has 6 atom stereocenters. The van der Waals surface area contributed by atoms with Crippen molar-refractivity contribution in [3.8, 4) is 11.5 Å². The molecule has 1 aromatic carbocycles. The van der Waals surface area contributed by atoms with Crippen molar-refractivity contribution in [2.24, 2.45) is 17.8 Å². The van der Waals surface area contributed by atoms with E-state index in [4.69, 9.17) is 9.47 Å². The van der Waals surface area contributed by atoms with Crippen molar-refractivity contribution in [3.05, 3.63) is 53.1 Å². The number of allylic oxidation sites excluding steroid dienone is 2. The number of nitrogens with one attached hydrogen (secondary N) is 1. The van der Waals surface area contributed by atoms with Crippen LogP contribution in [0.1, 0.15) is 46.6 Å². The number of phenols is 2. The quantitative estimate of drug-likeness (QED) is 0.273. The molecule has 7 heteroatoms. The van der Waals surface area contributed by atoms with E-state index >= 15 is 0 Å². The van der Waals surface area contributed by atoms with Gasteiger partial charge in [-0.15, -0.1) is 0 Å². The van der Waals surface area contributed by atoms with Crippen LogP contribution in [-0.2, 0) is 20.7 Å². The first kappa shape index (κ1) is 28.6. The van der Waals surface area contributed by atoms with Gasteiger partial charge in [0.1, 0.15) is 11.5 Å². The third-order valence-corrected chi connectivity index (χ3v) is 6.69. The molecule has 1 amide bonds. The highest BCUT2D eigenvalue weighted by atomic mass is 16.5. The second kappa shape index (κ2) is 12.9. The van der Waals surface area contributed by atoms with Crippen LogP contribution in [0, 0.1) is 17.8 Å². The molecular formula is C28H41NO6. The van der Waals surface area contributed by atoms with Gasteiger partial charge in [0.05, 0.1) is 24.0 Å². The first-order valence-electron chi connectivity index (χ1n) is 12.1. The number of aromatic hydroxyl groups is 2. The fraction of sp³-hybridized carbons (Fsp3) is 0.536. The number of anilines is 1. The molecule has 0 saturated carbocycles. The molecule has 0 saturated heterocycles. The van der Waals surface area contributed by atoms with Gasteiger partial charge in [-0.05, 0) is 49.8 Å². The maximum absolute atomic E-state index is 12.7. The highest BCUT2D eigenvalue weighted by molar-refractivity contribution is 6.04. The smallest absolute Gasteiger partial charge is 0.251 e. The maximum Gasteiger partial charge on any atom is 0.251 e. The summed E-state index contributed by atoms with van der Waals surface area (Å²) in [5, 5.41) is 34.6. The van der Waals surface area contributed by atoms with Gasteiger partial charge in [-0.25, -0.2) is 0 Å². The van der Waals surface area contributed by atoms with Crippen molar-refractivity contribution >= 4 is 11.6 Å². The number of methoxy groups -OCH3 is 2. The average molecular weight is 488 g/mol.